The summed E-state index contributed by atoms with van der Waals surface area (Å²) >= 11 is 0. The molecule has 1 aromatic carbocycles. The molecule has 0 saturated carbocycles. The molecule has 0 radical (unpaired) electrons. The van der Waals surface area contributed by atoms with Crippen molar-refractivity contribution in [3.8, 4) is 0 Å². The van der Waals surface area contributed by atoms with Crippen LogP contribution >= 0.6 is 0 Å². The molecule has 2 fully saturated rings. The average molecular weight is 313 g/mol. The summed E-state index contributed by atoms with van der Waals surface area (Å²) in [5, 5.41) is 6.77. The highest BCUT2D eigenvalue weighted by Gasteiger charge is 2.45. The molecule has 2 heterocycles. The van der Waals surface area contributed by atoms with E-state index >= 15 is 0 Å². The van der Waals surface area contributed by atoms with Gasteiger partial charge >= 0.3 is 0 Å². The Morgan fingerprint density at radius 1 is 1.22 bits per heavy atom. The highest BCUT2D eigenvalue weighted by atomic mass is 16.2. The number of nitrogens with one attached hydrogen (secondary N) is 2. The van der Waals surface area contributed by atoms with Gasteiger partial charge in [0, 0.05) is 12.6 Å². The van der Waals surface area contributed by atoms with E-state index in [1.54, 1.807) is 0 Å². The molecule has 0 aromatic heterocycles. The van der Waals surface area contributed by atoms with Crippen molar-refractivity contribution >= 4 is 5.91 Å². The van der Waals surface area contributed by atoms with E-state index < -0.39 is 0 Å². The fourth-order valence-electron chi connectivity index (χ4n) is 4.84. The second kappa shape index (κ2) is 5.91. The van der Waals surface area contributed by atoms with Gasteiger partial charge in [-0.1, -0.05) is 24.3 Å². The van der Waals surface area contributed by atoms with Gasteiger partial charge in [0.2, 0.25) is 5.91 Å². The van der Waals surface area contributed by atoms with Crippen molar-refractivity contribution in [1.82, 2.24) is 15.5 Å². The van der Waals surface area contributed by atoms with Crippen molar-refractivity contribution in [1.29, 1.82) is 0 Å². The molecule has 23 heavy (non-hydrogen) atoms. The molecule has 1 aliphatic carbocycles. The second-order valence-electron chi connectivity index (χ2n) is 7.77. The smallest absolute Gasteiger partial charge is 0.237 e. The number of carbonyl (C=O) groups is 1. The maximum Gasteiger partial charge on any atom is 0.237 e. The van der Waals surface area contributed by atoms with Crippen LogP contribution < -0.4 is 10.6 Å². The summed E-state index contributed by atoms with van der Waals surface area (Å²) in [6.45, 7) is 3.26. The summed E-state index contributed by atoms with van der Waals surface area (Å²) in [7, 11) is 2.12. The van der Waals surface area contributed by atoms with Crippen molar-refractivity contribution in [3.63, 3.8) is 0 Å². The topological polar surface area (TPSA) is 44.4 Å². The Morgan fingerprint density at radius 3 is 2.52 bits per heavy atom. The molecule has 2 saturated heterocycles. The molecule has 1 spiro atoms. The lowest BCUT2D eigenvalue weighted by atomic mass is 9.77. The zero-order valence-corrected chi connectivity index (χ0v) is 14.0. The van der Waals surface area contributed by atoms with Crippen LogP contribution in [-0.2, 0) is 17.6 Å². The second-order valence-corrected chi connectivity index (χ2v) is 7.77. The highest BCUT2D eigenvalue weighted by molar-refractivity contribution is 5.82. The molecule has 4 rings (SSSR count). The average Bonchev–Trinajstić information content (AvgIpc) is 3.08. The first kappa shape index (κ1) is 15.2. The third kappa shape index (κ3) is 2.90. The fourth-order valence-corrected chi connectivity index (χ4v) is 4.84. The number of likely N-dealkylation sites (N-methyl/N-ethyl adjacent to an activating group) is 1. The molecule has 2 N–H and O–H groups in total. The number of fused-ring (bicyclic) bond motifs is 1. The van der Waals surface area contributed by atoms with E-state index in [0.717, 1.165) is 38.9 Å². The summed E-state index contributed by atoms with van der Waals surface area (Å²) in [6.07, 6.45) is 5.39. The molecule has 0 unspecified atom stereocenters. The molecular weight excluding hydrogens is 286 g/mol. The predicted molar refractivity (Wildman–Crippen MR) is 91.4 cm³/mol. The Labute approximate surface area is 138 Å². The molecule has 1 aromatic rings. The number of nitrogens with zero attached hydrogens (tertiary/aromatic N) is 1. The van der Waals surface area contributed by atoms with Crippen LogP contribution in [-0.4, -0.2) is 49.6 Å². The molecule has 1 amide bonds. The SMILES string of the molecule is CN1CC2(CCNCC2)C[C@@H]1C(=O)NC1Cc2ccccc2C1. The van der Waals surface area contributed by atoms with Crippen LogP contribution in [0.1, 0.15) is 30.4 Å². The van der Waals surface area contributed by atoms with Gasteiger partial charge in [0.15, 0.2) is 0 Å². The fraction of sp³-hybridized carbons (Fsp3) is 0.632. The number of piperidine rings is 1. The summed E-state index contributed by atoms with van der Waals surface area (Å²) in [4.78, 5) is 15.1. The number of amides is 1. The number of rotatable bonds is 2. The normalized spacial score (nSPS) is 27.3. The first-order valence-electron chi connectivity index (χ1n) is 8.93. The molecular formula is C19H27N3O. The van der Waals surface area contributed by atoms with Crippen LogP contribution in [0, 0.1) is 5.41 Å². The Bertz CT molecular complexity index is 569. The summed E-state index contributed by atoms with van der Waals surface area (Å²) in [6, 6.07) is 8.89. The molecule has 1 atom stereocenters. The van der Waals surface area contributed by atoms with Gasteiger partial charge in [-0.25, -0.2) is 0 Å². The zero-order valence-electron chi connectivity index (χ0n) is 14.0. The predicted octanol–water partition coefficient (Wildman–Crippen LogP) is 1.34. The maximum absolute atomic E-state index is 12.8. The molecule has 124 valence electrons. The zero-order chi connectivity index (χ0) is 15.9. The van der Waals surface area contributed by atoms with Crippen molar-refractivity contribution in [2.24, 2.45) is 5.41 Å². The minimum Gasteiger partial charge on any atom is -0.351 e. The molecule has 4 nitrogen and oxygen atoms in total. The Hall–Kier alpha value is -1.39. The Morgan fingerprint density at radius 2 is 1.87 bits per heavy atom. The summed E-state index contributed by atoms with van der Waals surface area (Å²) in [5.41, 5.74) is 3.15. The van der Waals surface area contributed by atoms with Crippen molar-refractivity contribution in [2.75, 3.05) is 26.7 Å². The van der Waals surface area contributed by atoms with Gasteiger partial charge in [-0.2, -0.15) is 0 Å². The number of likely N-dealkylation sites (tertiary alicyclic amines) is 1. The first-order valence-corrected chi connectivity index (χ1v) is 8.93. The lowest BCUT2D eigenvalue weighted by molar-refractivity contribution is -0.125. The van der Waals surface area contributed by atoms with Gasteiger partial charge < -0.3 is 10.6 Å². The minimum atomic E-state index is 0.0526. The number of hydrogen-bond acceptors (Lipinski definition) is 3. The van der Waals surface area contributed by atoms with Crippen LogP contribution in [0.2, 0.25) is 0 Å². The van der Waals surface area contributed by atoms with Gasteiger partial charge in [-0.15, -0.1) is 0 Å². The van der Waals surface area contributed by atoms with Crippen molar-refractivity contribution < 1.29 is 4.79 Å². The third-order valence-electron chi connectivity index (χ3n) is 6.11. The Balaban J connectivity index is 1.38. The van der Waals surface area contributed by atoms with E-state index in [2.05, 4.69) is 46.8 Å². The standard InChI is InChI=1S/C19H27N3O/c1-22-13-19(6-8-20-9-7-19)12-17(22)18(23)21-16-10-14-4-2-3-5-15(14)11-16/h2-5,16-17,20H,6-13H2,1H3,(H,21,23)/t17-/m1/s1. The van der Waals surface area contributed by atoms with Gasteiger partial charge in [0.1, 0.15) is 0 Å². The highest BCUT2D eigenvalue weighted by Crippen LogP contribution is 2.41. The van der Waals surface area contributed by atoms with Gasteiger partial charge in [0.05, 0.1) is 6.04 Å². The lowest BCUT2D eigenvalue weighted by Gasteiger charge is -2.33. The minimum absolute atomic E-state index is 0.0526. The monoisotopic (exact) mass is 313 g/mol. The van der Waals surface area contributed by atoms with E-state index in [1.165, 1.54) is 24.0 Å². The van der Waals surface area contributed by atoms with E-state index in [4.69, 9.17) is 0 Å². The van der Waals surface area contributed by atoms with Crippen molar-refractivity contribution in [2.45, 2.75) is 44.2 Å². The molecule has 4 heteroatoms. The third-order valence-corrected chi connectivity index (χ3v) is 6.11. The van der Waals surface area contributed by atoms with Crippen LogP contribution in [0.3, 0.4) is 0 Å². The summed E-state index contributed by atoms with van der Waals surface area (Å²) < 4.78 is 0. The van der Waals surface area contributed by atoms with Crippen LogP contribution in [0.4, 0.5) is 0 Å². The number of hydrogen-bond donors (Lipinski definition) is 2. The maximum atomic E-state index is 12.8. The van der Waals surface area contributed by atoms with E-state index in [1.807, 2.05) is 0 Å². The molecule has 2 aliphatic heterocycles. The van der Waals surface area contributed by atoms with Gasteiger partial charge in [-0.05, 0) is 68.8 Å². The molecule has 3 aliphatic rings. The van der Waals surface area contributed by atoms with Crippen LogP contribution in [0.25, 0.3) is 0 Å². The van der Waals surface area contributed by atoms with E-state index in [-0.39, 0.29) is 18.0 Å². The number of carbonyl (C=O) groups excluding carboxylic acids is 1. The van der Waals surface area contributed by atoms with Crippen molar-refractivity contribution in [3.05, 3.63) is 35.4 Å². The van der Waals surface area contributed by atoms with E-state index in [9.17, 15) is 4.79 Å². The van der Waals surface area contributed by atoms with Gasteiger partial charge in [-0.3, -0.25) is 9.69 Å². The quantitative estimate of drug-likeness (QED) is 0.866. The van der Waals surface area contributed by atoms with E-state index in [0.29, 0.717) is 5.41 Å². The Kier molecular flexibility index (Phi) is 3.90. The lowest BCUT2D eigenvalue weighted by Crippen LogP contribution is -2.46. The van der Waals surface area contributed by atoms with Crippen LogP contribution in [0.5, 0.6) is 0 Å². The van der Waals surface area contributed by atoms with Crippen LogP contribution in [0.15, 0.2) is 24.3 Å². The van der Waals surface area contributed by atoms with Gasteiger partial charge in [0.25, 0.3) is 0 Å². The molecule has 0 bridgehead atoms. The first-order chi connectivity index (χ1) is 11.2. The number of benzene rings is 1. The largest absolute Gasteiger partial charge is 0.351 e. The summed E-state index contributed by atoms with van der Waals surface area (Å²) in [5.74, 6) is 0.237.